The van der Waals surface area contributed by atoms with E-state index in [-0.39, 0.29) is 0 Å². The molecule has 2 aliphatic rings. The number of rotatable bonds is 3. The Bertz CT molecular complexity index is 256. The summed E-state index contributed by atoms with van der Waals surface area (Å²) in [6.45, 7) is 10.6. The maximum atomic E-state index is 11.9. The second kappa shape index (κ2) is 4.35. The van der Waals surface area contributed by atoms with Gasteiger partial charge in [-0.2, -0.15) is 0 Å². The average Bonchev–Trinajstić information content (AvgIpc) is 2.96. The van der Waals surface area contributed by atoms with Crippen LogP contribution in [0.3, 0.4) is 0 Å². The van der Waals surface area contributed by atoms with E-state index in [1.54, 1.807) is 0 Å². The highest BCUT2D eigenvalue weighted by Crippen LogP contribution is 2.39. The first-order chi connectivity index (χ1) is 7.22. The number of carbonyl (C=O) groups excluding carboxylic acids is 1. The van der Waals surface area contributed by atoms with Crippen LogP contribution in [-0.2, 0) is 4.79 Å². The summed E-state index contributed by atoms with van der Waals surface area (Å²) in [5.74, 6) is 1.36. The molecule has 1 saturated carbocycles. The molecule has 0 bridgehead atoms. The molecule has 1 amide bonds. The van der Waals surface area contributed by atoms with Crippen LogP contribution in [0.5, 0.6) is 0 Å². The van der Waals surface area contributed by atoms with Gasteiger partial charge in [0.25, 0.3) is 0 Å². The highest BCUT2D eigenvalue weighted by atomic mass is 16.2. The minimum atomic E-state index is 0.343. The summed E-state index contributed by atoms with van der Waals surface area (Å²) in [5, 5.41) is 0. The van der Waals surface area contributed by atoms with Crippen LogP contribution >= 0.6 is 0 Å². The van der Waals surface area contributed by atoms with Gasteiger partial charge in [-0.3, -0.25) is 9.69 Å². The zero-order chi connectivity index (χ0) is 10.8. The molecule has 84 valence electrons. The minimum Gasteiger partial charge on any atom is -0.340 e. The van der Waals surface area contributed by atoms with Crippen molar-refractivity contribution in [3.8, 4) is 0 Å². The molecule has 0 aromatic heterocycles. The smallest absolute Gasteiger partial charge is 0.226 e. The van der Waals surface area contributed by atoms with Gasteiger partial charge in [-0.05, 0) is 12.3 Å². The van der Waals surface area contributed by atoms with E-state index in [0.717, 1.165) is 39.1 Å². The van der Waals surface area contributed by atoms with Crippen molar-refractivity contribution in [2.24, 2.45) is 11.8 Å². The second-order valence-corrected chi connectivity index (χ2v) is 4.73. The van der Waals surface area contributed by atoms with Gasteiger partial charge in [0, 0.05) is 38.6 Å². The summed E-state index contributed by atoms with van der Waals surface area (Å²) in [6, 6.07) is 0. The van der Waals surface area contributed by atoms with E-state index in [0.29, 0.717) is 17.7 Å². The molecule has 15 heavy (non-hydrogen) atoms. The molecule has 0 radical (unpaired) electrons. The third-order valence-corrected chi connectivity index (χ3v) is 3.50. The van der Waals surface area contributed by atoms with Crippen molar-refractivity contribution in [2.75, 3.05) is 32.7 Å². The Morgan fingerprint density at radius 2 is 2.00 bits per heavy atom. The first-order valence-corrected chi connectivity index (χ1v) is 5.84. The van der Waals surface area contributed by atoms with Gasteiger partial charge in [0.1, 0.15) is 0 Å². The lowest BCUT2D eigenvalue weighted by molar-refractivity contribution is -0.134. The molecule has 0 unspecified atom stereocenters. The summed E-state index contributed by atoms with van der Waals surface area (Å²) in [7, 11) is 0. The van der Waals surface area contributed by atoms with Crippen LogP contribution in [0.25, 0.3) is 0 Å². The third-order valence-electron chi connectivity index (χ3n) is 3.50. The predicted molar refractivity (Wildman–Crippen MR) is 60.5 cm³/mol. The molecule has 1 aliphatic carbocycles. The number of hydrogen-bond donors (Lipinski definition) is 0. The SMILES string of the molecule is C=CCN1CCN(C(=O)[C@@H]2C[C@@H]2C)CC1. The molecular formula is C12H20N2O. The number of hydrogen-bond acceptors (Lipinski definition) is 2. The fourth-order valence-corrected chi connectivity index (χ4v) is 2.23. The van der Waals surface area contributed by atoms with Crippen molar-refractivity contribution in [1.29, 1.82) is 0 Å². The molecule has 0 aromatic carbocycles. The van der Waals surface area contributed by atoms with E-state index >= 15 is 0 Å². The minimum absolute atomic E-state index is 0.343. The highest BCUT2D eigenvalue weighted by molar-refractivity contribution is 5.81. The van der Waals surface area contributed by atoms with E-state index in [9.17, 15) is 4.79 Å². The second-order valence-electron chi connectivity index (χ2n) is 4.73. The first-order valence-electron chi connectivity index (χ1n) is 5.84. The van der Waals surface area contributed by atoms with Gasteiger partial charge in [-0.1, -0.05) is 13.0 Å². The van der Waals surface area contributed by atoms with Gasteiger partial charge >= 0.3 is 0 Å². The van der Waals surface area contributed by atoms with E-state index in [1.807, 2.05) is 11.0 Å². The van der Waals surface area contributed by atoms with Gasteiger partial charge in [0.05, 0.1) is 0 Å². The van der Waals surface area contributed by atoms with Crippen LogP contribution in [0.4, 0.5) is 0 Å². The van der Waals surface area contributed by atoms with Gasteiger partial charge in [-0.25, -0.2) is 0 Å². The van der Waals surface area contributed by atoms with Crippen molar-refractivity contribution in [1.82, 2.24) is 9.80 Å². The molecule has 2 fully saturated rings. The zero-order valence-electron chi connectivity index (χ0n) is 9.48. The van der Waals surface area contributed by atoms with Gasteiger partial charge in [-0.15, -0.1) is 6.58 Å². The molecule has 0 N–H and O–H groups in total. The van der Waals surface area contributed by atoms with Crippen molar-refractivity contribution in [3.63, 3.8) is 0 Å². The fraction of sp³-hybridized carbons (Fsp3) is 0.750. The Balaban J connectivity index is 1.77. The lowest BCUT2D eigenvalue weighted by atomic mass is 10.2. The van der Waals surface area contributed by atoms with E-state index in [2.05, 4.69) is 18.4 Å². The Morgan fingerprint density at radius 3 is 2.47 bits per heavy atom. The van der Waals surface area contributed by atoms with Crippen LogP contribution in [0.15, 0.2) is 12.7 Å². The van der Waals surface area contributed by atoms with E-state index in [4.69, 9.17) is 0 Å². The molecule has 2 rings (SSSR count). The average molecular weight is 208 g/mol. The summed E-state index contributed by atoms with van der Waals surface area (Å²) < 4.78 is 0. The molecule has 2 atom stereocenters. The van der Waals surface area contributed by atoms with Gasteiger partial charge in [0.2, 0.25) is 5.91 Å². The number of nitrogens with zero attached hydrogens (tertiary/aromatic N) is 2. The Hall–Kier alpha value is -0.830. The first kappa shape index (κ1) is 10.7. The van der Waals surface area contributed by atoms with Crippen LogP contribution < -0.4 is 0 Å². The van der Waals surface area contributed by atoms with Crippen molar-refractivity contribution < 1.29 is 4.79 Å². The van der Waals surface area contributed by atoms with E-state index in [1.165, 1.54) is 0 Å². The third kappa shape index (κ3) is 2.40. The summed E-state index contributed by atoms with van der Waals surface area (Å²) in [6.07, 6.45) is 3.03. The fourth-order valence-electron chi connectivity index (χ4n) is 2.23. The van der Waals surface area contributed by atoms with Gasteiger partial charge in [0.15, 0.2) is 0 Å². The Morgan fingerprint density at radius 1 is 1.40 bits per heavy atom. The number of carbonyl (C=O) groups is 1. The summed E-state index contributed by atoms with van der Waals surface area (Å²) in [5.41, 5.74) is 0. The normalized spacial score (nSPS) is 31.4. The molecular weight excluding hydrogens is 188 g/mol. The van der Waals surface area contributed by atoms with Crippen molar-refractivity contribution >= 4 is 5.91 Å². The van der Waals surface area contributed by atoms with Crippen molar-refractivity contribution in [2.45, 2.75) is 13.3 Å². The number of amides is 1. The molecule has 3 nitrogen and oxygen atoms in total. The zero-order valence-corrected chi connectivity index (χ0v) is 9.48. The largest absolute Gasteiger partial charge is 0.340 e. The van der Waals surface area contributed by atoms with Crippen LogP contribution in [-0.4, -0.2) is 48.4 Å². The molecule has 0 aromatic rings. The lowest BCUT2D eigenvalue weighted by Crippen LogP contribution is -2.49. The maximum absolute atomic E-state index is 11.9. The monoisotopic (exact) mass is 208 g/mol. The van der Waals surface area contributed by atoms with Crippen LogP contribution in [0.1, 0.15) is 13.3 Å². The highest BCUT2D eigenvalue weighted by Gasteiger charge is 2.41. The van der Waals surface area contributed by atoms with Gasteiger partial charge < -0.3 is 4.90 Å². The summed E-state index contributed by atoms with van der Waals surface area (Å²) in [4.78, 5) is 16.3. The number of piperazine rings is 1. The standard InChI is InChI=1S/C12H20N2O/c1-3-4-13-5-7-14(8-6-13)12(15)11-9-10(11)2/h3,10-11H,1,4-9H2,2H3/t10-,11+/m0/s1. The molecule has 0 spiro atoms. The van der Waals surface area contributed by atoms with Crippen molar-refractivity contribution in [3.05, 3.63) is 12.7 Å². The van der Waals surface area contributed by atoms with Crippen LogP contribution in [0, 0.1) is 11.8 Å². The maximum Gasteiger partial charge on any atom is 0.226 e. The predicted octanol–water partition coefficient (Wildman–Crippen LogP) is 0.973. The molecule has 3 heteroatoms. The Labute approximate surface area is 91.7 Å². The molecule has 1 saturated heterocycles. The molecule has 1 heterocycles. The van der Waals surface area contributed by atoms with E-state index < -0.39 is 0 Å². The molecule has 1 aliphatic heterocycles. The Kier molecular flexibility index (Phi) is 3.10. The topological polar surface area (TPSA) is 23.6 Å². The quantitative estimate of drug-likeness (QED) is 0.645. The van der Waals surface area contributed by atoms with Crippen LogP contribution in [0.2, 0.25) is 0 Å². The summed E-state index contributed by atoms with van der Waals surface area (Å²) >= 11 is 0. The lowest BCUT2D eigenvalue weighted by Gasteiger charge is -2.34.